The van der Waals surface area contributed by atoms with Crippen LogP contribution >= 0.6 is 11.3 Å². The first-order valence-electron chi connectivity index (χ1n) is 8.16. The Morgan fingerprint density at radius 2 is 2.43 bits per heavy atom. The number of aliphatic hydroxyl groups excluding tert-OH is 1. The SMILES string of the molecule is Cc1nc(CCC(=O)N2CC[C@H](O)[C@@]3(CCCNC3=O)C2)cs1. The second-order valence-corrected chi connectivity index (χ2v) is 7.56. The standard InChI is InChI=1S/C16H23N3O3S/c1-11-18-12(9-23-11)3-4-14(21)19-8-5-13(20)16(10-19)6-2-7-17-15(16)22/h9,13,20H,2-8,10H2,1H3,(H,17,22)/t13-,16+/m0/s1. The van der Waals surface area contributed by atoms with Crippen LogP contribution in [0, 0.1) is 12.3 Å². The predicted molar refractivity (Wildman–Crippen MR) is 87.1 cm³/mol. The topological polar surface area (TPSA) is 82.5 Å². The number of carbonyl (C=O) groups excluding carboxylic acids is 2. The van der Waals surface area contributed by atoms with Crippen LogP contribution in [0.2, 0.25) is 0 Å². The van der Waals surface area contributed by atoms with Crippen molar-refractivity contribution < 1.29 is 14.7 Å². The van der Waals surface area contributed by atoms with Crippen LogP contribution in [0.3, 0.4) is 0 Å². The zero-order valence-electron chi connectivity index (χ0n) is 13.4. The quantitative estimate of drug-likeness (QED) is 0.857. The Labute approximate surface area is 139 Å². The minimum Gasteiger partial charge on any atom is -0.392 e. The van der Waals surface area contributed by atoms with E-state index >= 15 is 0 Å². The lowest BCUT2D eigenvalue weighted by molar-refractivity contribution is -0.154. The van der Waals surface area contributed by atoms with Crippen molar-refractivity contribution in [3.8, 4) is 0 Å². The molecule has 7 heteroatoms. The van der Waals surface area contributed by atoms with Crippen LogP contribution in [0.1, 0.15) is 36.4 Å². The highest BCUT2D eigenvalue weighted by atomic mass is 32.1. The zero-order chi connectivity index (χ0) is 16.4. The van der Waals surface area contributed by atoms with E-state index in [0.717, 1.165) is 17.1 Å². The molecule has 2 aliphatic heterocycles. The molecule has 1 aromatic rings. The molecule has 2 amide bonds. The maximum Gasteiger partial charge on any atom is 0.230 e. The Balaban J connectivity index is 1.63. The molecule has 126 valence electrons. The van der Waals surface area contributed by atoms with Gasteiger partial charge in [-0.25, -0.2) is 4.98 Å². The molecule has 3 heterocycles. The number of nitrogens with zero attached hydrogens (tertiary/aromatic N) is 2. The van der Waals surface area contributed by atoms with E-state index in [-0.39, 0.29) is 11.8 Å². The molecule has 0 bridgehead atoms. The van der Waals surface area contributed by atoms with Crippen LogP contribution in [0.25, 0.3) is 0 Å². The first kappa shape index (κ1) is 16.4. The number of piperidine rings is 2. The van der Waals surface area contributed by atoms with Crippen molar-refractivity contribution in [1.82, 2.24) is 15.2 Å². The highest BCUT2D eigenvalue weighted by Gasteiger charge is 2.50. The number of amides is 2. The molecule has 0 aromatic carbocycles. The maximum atomic E-state index is 12.5. The highest BCUT2D eigenvalue weighted by molar-refractivity contribution is 7.09. The minimum atomic E-state index is -0.816. The van der Waals surface area contributed by atoms with Gasteiger partial charge in [-0.05, 0) is 32.6 Å². The van der Waals surface area contributed by atoms with Gasteiger partial charge in [0.1, 0.15) is 0 Å². The molecule has 0 aliphatic carbocycles. The van der Waals surface area contributed by atoms with E-state index in [1.807, 2.05) is 12.3 Å². The summed E-state index contributed by atoms with van der Waals surface area (Å²) in [5.41, 5.74) is 0.131. The summed E-state index contributed by atoms with van der Waals surface area (Å²) in [7, 11) is 0. The summed E-state index contributed by atoms with van der Waals surface area (Å²) in [5, 5.41) is 16.2. The molecule has 2 aliphatic rings. The fourth-order valence-electron chi connectivity index (χ4n) is 3.57. The van der Waals surface area contributed by atoms with Crippen LogP contribution in [0.4, 0.5) is 0 Å². The lowest BCUT2D eigenvalue weighted by atomic mass is 9.71. The molecule has 23 heavy (non-hydrogen) atoms. The fourth-order valence-corrected chi connectivity index (χ4v) is 4.22. The summed E-state index contributed by atoms with van der Waals surface area (Å²) in [6, 6.07) is 0. The number of hydrogen-bond acceptors (Lipinski definition) is 5. The van der Waals surface area contributed by atoms with E-state index in [9.17, 15) is 14.7 Å². The van der Waals surface area contributed by atoms with Gasteiger partial charge in [-0.2, -0.15) is 0 Å². The molecular weight excluding hydrogens is 314 g/mol. The van der Waals surface area contributed by atoms with Crippen molar-refractivity contribution in [2.24, 2.45) is 5.41 Å². The van der Waals surface area contributed by atoms with Crippen molar-refractivity contribution in [2.75, 3.05) is 19.6 Å². The van der Waals surface area contributed by atoms with Gasteiger partial charge >= 0.3 is 0 Å². The predicted octanol–water partition coefficient (Wildman–Crippen LogP) is 0.874. The number of hydrogen-bond donors (Lipinski definition) is 2. The van der Waals surface area contributed by atoms with E-state index < -0.39 is 11.5 Å². The second-order valence-electron chi connectivity index (χ2n) is 6.49. The molecule has 3 rings (SSSR count). The Bertz CT molecular complexity index is 603. The molecule has 1 aromatic heterocycles. The Hall–Kier alpha value is -1.47. The number of carbonyl (C=O) groups is 2. The Kier molecular flexibility index (Phi) is 4.68. The molecular formula is C16H23N3O3S. The first-order valence-corrected chi connectivity index (χ1v) is 9.04. The molecule has 2 saturated heterocycles. The van der Waals surface area contributed by atoms with Gasteiger partial charge in [0.15, 0.2) is 0 Å². The summed E-state index contributed by atoms with van der Waals surface area (Å²) in [4.78, 5) is 30.9. The number of nitrogens with one attached hydrogen (secondary N) is 1. The van der Waals surface area contributed by atoms with Gasteiger partial charge in [0.2, 0.25) is 11.8 Å². The van der Waals surface area contributed by atoms with Crippen molar-refractivity contribution in [2.45, 2.75) is 45.1 Å². The molecule has 0 radical (unpaired) electrons. The van der Waals surface area contributed by atoms with Gasteiger partial charge in [-0.1, -0.05) is 0 Å². The first-order chi connectivity index (χ1) is 11.0. The van der Waals surface area contributed by atoms with E-state index in [1.165, 1.54) is 0 Å². The number of aromatic nitrogens is 1. The van der Waals surface area contributed by atoms with Gasteiger partial charge in [-0.3, -0.25) is 9.59 Å². The van der Waals surface area contributed by atoms with Crippen LogP contribution < -0.4 is 5.32 Å². The van der Waals surface area contributed by atoms with Gasteiger partial charge in [0.05, 0.1) is 22.2 Å². The second kappa shape index (κ2) is 6.57. The minimum absolute atomic E-state index is 0.0419. The molecule has 0 saturated carbocycles. The summed E-state index contributed by atoms with van der Waals surface area (Å²) >= 11 is 1.59. The number of rotatable bonds is 3. The third-order valence-corrected chi connectivity index (χ3v) is 5.76. The maximum absolute atomic E-state index is 12.5. The smallest absolute Gasteiger partial charge is 0.230 e. The van der Waals surface area contributed by atoms with Crippen molar-refractivity contribution >= 4 is 23.2 Å². The number of aliphatic hydroxyl groups is 1. The van der Waals surface area contributed by atoms with Crippen LogP contribution in [-0.4, -0.2) is 52.5 Å². The molecule has 2 atom stereocenters. The normalized spacial score (nSPS) is 28.0. The molecule has 6 nitrogen and oxygen atoms in total. The molecule has 2 fully saturated rings. The van der Waals surface area contributed by atoms with Gasteiger partial charge in [-0.15, -0.1) is 11.3 Å². The average molecular weight is 337 g/mol. The number of likely N-dealkylation sites (tertiary alicyclic amines) is 1. The van der Waals surface area contributed by atoms with Crippen LogP contribution in [0.5, 0.6) is 0 Å². The van der Waals surface area contributed by atoms with Crippen molar-refractivity contribution in [3.05, 3.63) is 16.1 Å². The van der Waals surface area contributed by atoms with Crippen molar-refractivity contribution in [1.29, 1.82) is 0 Å². The summed E-state index contributed by atoms with van der Waals surface area (Å²) in [5.74, 6) is -0.0656. The van der Waals surface area contributed by atoms with E-state index in [4.69, 9.17) is 0 Å². The lowest BCUT2D eigenvalue weighted by Gasteiger charge is -2.46. The Morgan fingerprint density at radius 3 is 3.13 bits per heavy atom. The zero-order valence-corrected chi connectivity index (χ0v) is 14.2. The monoisotopic (exact) mass is 337 g/mol. The van der Waals surface area contributed by atoms with Crippen molar-refractivity contribution in [3.63, 3.8) is 0 Å². The van der Waals surface area contributed by atoms with Gasteiger partial charge < -0.3 is 15.3 Å². The van der Waals surface area contributed by atoms with E-state index in [1.54, 1.807) is 16.2 Å². The lowest BCUT2D eigenvalue weighted by Crippen LogP contribution is -2.62. The van der Waals surface area contributed by atoms with E-state index in [0.29, 0.717) is 45.3 Å². The number of thiazole rings is 1. The van der Waals surface area contributed by atoms with Crippen LogP contribution in [0.15, 0.2) is 5.38 Å². The molecule has 1 spiro atoms. The average Bonchev–Trinajstić information content (AvgIpc) is 2.96. The largest absolute Gasteiger partial charge is 0.392 e. The molecule has 0 unspecified atom stereocenters. The van der Waals surface area contributed by atoms with Gasteiger partial charge in [0.25, 0.3) is 0 Å². The Morgan fingerprint density at radius 1 is 1.61 bits per heavy atom. The summed E-state index contributed by atoms with van der Waals surface area (Å²) in [6.45, 7) is 3.46. The van der Waals surface area contributed by atoms with E-state index in [2.05, 4.69) is 10.3 Å². The third-order valence-electron chi connectivity index (χ3n) is 4.94. The summed E-state index contributed by atoms with van der Waals surface area (Å²) < 4.78 is 0. The van der Waals surface area contributed by atoms with Crippen LogP contribution in [-0.2, 0) is 16.0 Å². The molecule has 2 N–H and O–H groups in total. The number of aryl methyl sites for hydroxylation is 2. The third kappa shape index (κ3) is 3.26. The fraction of sp³-hybridized carbons (Fsp3) is 0.688. The highest BCUT2D eigenvalue weighted by Crippen LogP contribution is 2.37. The van der Waals surface area contributed by atoms with Gasteiger partial charge in [0, 0.05) is 31.4 Å². The summed E-state index contributed by atoms with van der Waals surface area (Å²) in [6.07, 6.45) is 2.33.